The van der Waals surface area contributed by atoms with Gasteiger partial charge in [0.05, 0.1) is 18.3 Å². The van der Waals surface area contributed by atoms with E-state index in [1.165, 1.54) is 12.3 Å². The van der Waals surface area contributed by atoms with Gasteiger partial charge in [0.2, 0.25) is 0 Å². The summed E-state index contributed by atoms with van der Waals surface area (Å²) >= 11 is 0. The van der Waals surface area contributed by atoms with Crippen LogP contribution in [0.15, 0.2) is 36.8 Å². The zero-order valence-electron chi connectivity index (χ0n) is 13.7. The Morgan fingerprint density at radius 3 is 2.80 bits per heavy atom. The Morgan fingerprint density at radius 1 is 1.32 bits per heavy atom. The molecule has 1 fully saturated rings. The lowest BCUT2D eigenvalue weighted by molar-refractivity contribution is 0.0340. The van der Waals surface area contributed by atoms with Crippen LogP contribution in [0, 0.1) is 17.6 Å². The van der Waals surface area contributed by atoms with E-state index >= 15 is 0 Å². The molecule has 2 aromatic heterocycles. The van der Waals surface area contributed by atoms with Gasteiger partial charge in [-0.1, -0.05) is 0 Å². The van der Waals surface area contributed by atoms with E-state index in [0.29, 0.717) is 23.9 Å². The summed E-state index contributed by atoms with van der Waals surface area (Å²) in [4.78, 5) is 4.02. The van der Waals surface area contributed by atoms with Crippen molar-refractivity contribution in [2.24, 2.45) is 13.0 Å². The first-order valence-corrected chi connectivity index (χ1v) is 8.18. The molecule has 25 heavy (non-hydrogen) atoms. The SMILES string of the molecule is Cn1cc([C@H](Nc2ccnc3c(F)cc(F)cc23)C2CC(O)C2)cn1. The molecule has 3 aromatic rings. The minimum absolute atomic E-state index is 0.103. The maximum Gasteiger partial charge on any atom is 0.152 e. The third-order valence-electron chi connectivity index (χ3n) is 4.78. The molecular formula is C18H18F2N4O. The molecule has 0 bridgehead atoms. The highest BCUT2D eigenvalue weighted by atomic mass is 19.1. The fraction of sp³-hybridized carbons (Fsp3) is 0.333. The number of hydrogen-bond donors (Lipinski definition) is 2. The molecule has 0 radical (unpaired) electrons. The van der Waals surface area contributed by atoms with Crippen LogP contribution in [0.1, 0.15) is 24.4 Å². The van der Waals surface area contributed by atoms with Crippen molar-refractivity contribution in [3.63, 3.8) is 0 Å². The highest BCUT2D eigenvalue weighted by Gasteiger charge is 2.35. The van der Waals surface area contributed by atoms with E-state index in [1.54, 1.807) is 16.9 Å². The van der Waals surface area contributed by atoms with E-state index < -0.39 is 11.6 Å². The molecule has 0 saturated heterocycles. The van der Waals surface area contributed by atoms with Crippen molar-refractivity contribution in [3.8, 4) is 0 Å². The standard InChI is InChI=1S/C18H18F2N4O/c1-24-9-11(8-22-24)17(10-4-13(25)5-10)23-16-2-3-21-18-14(16)6-12(19)7-15(18)20/h2-3,6-10,13,17,25H,4-5H2,1H3,(H,21,23)/t10?,13?,17-/m1/s1. The number of aliphatic hydroxyl groups excluding tert-OH is 1. The molecule has 4 rings (SSSR count). The average molecular weight is 344 g/mol. The second-order valence-electron chi connectivity index (χ2n) is 6.60. The van der Waals surface area contributed by atoms with Crippen LogP contribution in [-0.4, -0.2) is 26.0 Å². The first-order valence-electron chi connectivity index (χ1n) is 8.18. The summed E-state index contributed by atoms with van der Waals surface area (Å²) in [6.07, 6.45) is 6.24. The zero-order valence-corrected chi connectivity index (χ0v) is 13.7. The van der Waals surface area contributed by atoms with Gasteiger partial charge in [0.1, 0.15) is 11.3 Å². The second kappa shape index (κ2) is 6.07. The molecule has 1 aliphatic carbocycles. The van der Waals surface area contributed by atoms with Gasteiger partial charge >= 0.3 is 0 Å². The van der Waals surface area contributed by atoms with Gasteiger partial charge in [-0.3, -0.25) is 9.67 Å². The van der Waals surface area contributed by atoms with Crippen molar-refractivity contribution in [1.29, 1.82) is 0 Å². The van der Waals surface area contributed by atoms with Crippen LogP contribution in [-0.2, 0) is 7.05 Å². The number of anilines is 1. The molecule has 0 spiro atoms. The number of hydrogen-bond acceptors (Lipinski definition) is 4. The van der Waals surface area contributed by atoms with Crippen LogP contribution in [0.5, 0.6) is 0 Å². The Hall–Kier alpha value is -2.54. The number of nitrogens with zero attached hydrogens (tertiary/aromatic N) is 3. The summed E-state index contributed by atoms with van der Waals surface area (Å²) in [5.74, 6) is -1.10. The molecule has 5 nitrogen and oxygen atoms in total. The van der Waals surface area contributed by atoms with E-state index in [9.17, 15) is 13.9 Å². The van der Waals surface area contributed by atoms with Crippen molar-refractivity contribution in [2.45, 2.75) is 25.0 Å². The molecule has 0 unspecified atom stereocenters. The van der Waals surface area contributed by atoms with Crippen molar-refractivity contribution >= 4 is 16.6 Å². The van der Waals surface area contributed by atoms with Gasteiger partial charge < -0.3 is 10.4 Å². The Labute approximate surface area is 143 Å². The highest BCUT2D eigenvalue weighted by molar-refractivity contribution is 5.91. The number of pyridine rings is 1. The summed E-state index contributed by atoms with van der Waals surface area (Å²) < 4.78 is 29.4. The summed E-state index contributed by atoms with van der Waals surface area (Å²) in [6.45, 7) is 0. The minimum atomic E-state index is -0.685. The second-order valence-corrected chi connectivity index (χ2v) is 6.60. The average Bonchev–Trinajstić information content (AvgIpc) is 2.96. The number of nitrogens with one attached hydrogen (secondary N) is 1. The van der Waals surface area contributed by atoms with Crippen molar-refractivity contribution < 1.29 is 13.9 Å². The van der Waals surface area contributed by atoms with E-state index in [2.05, 4.69) is 15.4 Å². The molecule has 0 amide bonds. The summed E-state index contributed by atoms with van der Waals surface area (Å²) in [6, 6.07) is 3.72. The Balaban J connectivity index is 1.74. The van der Waals surface area contributed by atoms with Gasteiger partial charge in [0.15, 0.2) is 5.82 Å². The van der Waals surface area contributed by atoms with Crippen LogP contribution in [0.2, 0.25) is 0 Å². The molecular weight excluding hydrogens is 326 g/mol. The predicted molar refractivity (Wildman–Crippen MR) is 90.0 cm³/mol. The number of benzene rings is 1. The normalized spacial score (nSPS) is 21.1. The number of aliphatic hydroxyl groups is 1. The lowest BCUT2D eigenvalue weighted by atomic mass is 9.75. The quantitative estimate of drug-likeness (QED) is 0.763. The molecule has 0 aliphatic heterocycles. The topological polar surface area (TPSA) is 63.0 Å². The van der Waals surface area contributed by atoms with Crippen LogP contribution >= 0.6 is 0 Å². The fourth-order valence-corrected chi connectivity index (χ4v) is 3.45. The monoisotopic (exact) mass is 344 g/mol. The summed E-state index contributed by atoms with van der Waals surface area (Å²) in [7, 11) is 1.84. The smallest absolute Gasteiger partial charge is 0.152 e. The van der Waals surface area contributed by atoms with Crippen molar-refractivity contribution in [2.75, 3.05) is 5.32 Å². The van der Waals surface area contributed by atoms with E-state index in [-0.39, 0.29) is 23.6 Å². The maximum atomic E-state index is 14.0. The van der Waals surface area contributed by atoms with E-state index in [4.69, 9.17) is 0 Å². The van der Waals surface area contributed by atoms with Crippen LogP contribution in [0.25, 0.3) is 10.9 Å². The van der Waals surface area contributed by atoms with Gasteiger partial charge in [-0.25, -0.2) is 8.78 Å². The molecule has 2 heterocycles. The first kappa shape index (κ1) is 16.0. The number of fused-ring (bicyclic) bond motifs is 1. The van der Waals surface area contributed by atoms with Gasteiger partial charge in [-0.05, 0) is 30.9 Å². The minimum Gasteiger partial charge on any atom is -0.393 e. The fourth-order valence-electron chi connectivity index (χ4n) is 3.45. The number of aryl methyl sites for hydroxylation is 1. The zero-order chi connectivity index (χ0) is 17.6. The number of rotatable bonds is 4. The number of aromatic nitrogens is 3. The Bertz CT molecular complexity index is 921. The lowest BCUT2D eigenvalue weighted by Crippen LogP contribution is -2.35. The van der Waals surface area contributed by atoms with Crippen LogP contribution in [0.4, 0.5) is 14.5 Å². The molecule has 7 heteroatoms. The lowest BCUT2D eigenvalue weighted by Gasteiger charge is -2.38. The van der Waals surface area contributed by atoms with Crippen LogP contribution < -0.4 is 5.32 Å². The van der Waals surface area contributed by atoms with Gasteiger partial charge in [-0.15, -0.1) is 0 Å². The Kier molecular flexibility index (Phi) is 3.88. The van der Waals surface area contributed by atoms with Gasteiger partial charge in [-0.2, -0.15) is 5.10 Å². The largest absolute Gasteiger partial charge is 0.393 e. The summed E-state index contributed by atoms with van der Waals surface area (Å²) in [5, 5.41) is 17.7. The molecule has 1 atom stereocenters. The van der Waals surface area contributed by atoms with Crippen molar-refractivity contribution in [1.82, 2.24) is 14.8 Å². The highest BCUT2D eigenvalue weighted by Crippen LogP contribution is 2.41. The third-order valence-corrected chi connectivity index (χ3v) is 4.78. The van der Waals surface area contributed by atoms with Gasteiger partial charge in [0.25, 0.3) is 0 Å². The van der Waals surface area contributed by atoms with E-state index in [0.717, 1.165) is 11.6 Å². The third kappa shape index (κ3) is 2.95. The molecule has 1 aliphatic rings. The van der Waals surface area contributed by atoms with E-state index in [1.807, 2.05) is 13.2 Å². The molecule has 130 valence electrons. The maximum absolute atomic E-state index is 14.0. The van der Waals surface area contributed by atoms with Gasteiger partial charge in [0, 0.05) is 42.1 Å². The molecule has 2 N–H and O–H groups in total. The summed E-state index contributed by atoms with van der Waals surface area (Å²) in [5.41, 5.74) is 1.71. The van der Waals surface area contributed by atoms with Crippen LogP contribution in [0.3, 0.4) is 0 Å². The molecule has 1 saturated carbocycles. The predicted octanol–water partition coefficient (Wildman–Crippen LogP) is 3.17. The first-order chi connectivity index (χ1) is 12.0. The number of halogens is 2. The molecule has 1 aromatic carbocycles. The Morgan fingerprint density at radius 2 is 2.12 bits per heavy atom. The van der Waals surface area contributed by atoms with Crippen molar-refractivity contribution in [3.05, 3.63) is 54.0 Å².